The number of rotatable bonds is 46. The molecule has 11 heteroatoms. The number of hydrogen-bond acceptors (Lipinski definition) is 5. The number of β-lactam (4-membered cyclic amide) rings is 1. The minimum Gasteiger partial charge on any atom is -0.326 e. The Labute approximate surface area is 492 Å². The molecular weight excluding hydrogens is 1010 g/mol. The van der Waals surface area contributed by atoms with E-state index in [0.29, 0.717) is 0 Å². The van der Waals surface area contributed by atoms with Gasteiger partial charge in [0.05, 0.1) is 70.5 Å². The number of unbranched alkanes of at least 4 members (excludes halogenated alkanes) is 30. The summed E-state index contributed by atoms with van der Waals surface area (Å²) in [6, 6.07) is 12.4. The summed E-state index contributed by atoms with van der Waals surface area (Å²) < 4.78 is 35.6. The van der Waals surface area contributed by atoms with Gasteiger partial charge in [0.25, 0.3) is 17.7 Å². The van der Waals surface area contributed by atoms with Crippen molar-refractivity contribution in [1.82, 2.24) is 9.21 Å². The maximum Gasteiger partial charge on any atom is 0.362 e. The summed E-state index contributed by atoms with van der Waals surface area (Å²) in [5, 5.41) is 0. The van der Waals surface area contributed by atoms with Gasteiger partial charge in [-0.1, -0.05) is 250 Å². The fraction of sp³-hybridized carbons (Fsp3) is 0.754. The summed E-state index contributed by atoms with van der Waals surface area (Å²) in [6.45, 7) is 22.4. The second-order valence-corrected chi connectivity index (χ2v) is 25.8. The second kappa shape index (κ2) is 44.2. The zero-order valence-corrected chi connectivity index (χ0v) is 53.7. The maximum atomic E-state index is 12.7. The smallest absolute Gasteiger partial charge is 0.326 e. The molecule has 1 saturated heterocycles. The van der Waals surface area contributed by atoms with Crippen molar-refractivity contribution in [2.75, 3.05) is 53.4 Å². The van der Waals surface area contributed by atoms with Gasteiger partial charge in [-0.2, -0.15) is 8.42 Å². The van der Waals surface area contributed by atoms with Crippen molar-refractivity contribution >= 4 is 34.1 Å². The number of amides is 3. The molecule has 3 amide bonds. The van der Waals surface area contributed by atoms with E-state index >= 15 is 0 Å². The molecule has 80 heavy (non-hydrogen) atoms. The highest BCUT2D eigenvalue weighted by molar-refractivity contribution is 7.84. The van der Waals surface area contributed by atoms with Crippen LogP contribution in [0.2, 0.25) is 0 Å². The van der Waals surface area contributed by atoms with Crippen LogP contribution in [0.5, 0.6) is 0 Å². The largest absolute Gasteiger partial charge is 0.362 e. The molecule has 2 aliphatic rings. The molecule has 0 radical (unpaired) electrons. The lowest BCUT2D eigenvalue weighted by molar-refractivity contribution is -0.910. The lowest BCUT2D eigenvalue weighted by Crippen LogP contribution is -2.72. The van der Waals surface area contributed by atoms with Gasteiger partial charge in [0, 0.05) is 0 Å². The van der Waals surface area contributed by atoms with Gasteiger partial charge >= 0.3 is 10.3 Å². The Balaban J connectivity index is 0.000000411. The molecule has 458 valence electrons. The van der Waals surface area contributed by atoms with Crippen molar-refractivity contribution in [2.24, 2.45) is 0 Å². The molecule has 0 unspecified atom stereocenters. The molecule has 1 N–H and O–H groups in total. The average Bonchev–Trinajstić information content (AvgIpc) is 3.91. The third-order valence-corrected chi connectivity index (χ3v) is 17.9. The standard InChI is InChI=1S/2C25H54N.C19H14N2O6S/c2*1-5-8-11-14-17-20-23-26(4,24-21-18-15-12-9-6-2)25-22-19-16-13-10-7-3;22-17-13-8-4-5-9-14(13)18(23)20(17)16-15(21(19(16)24)28(25,26)27)11-10-12-6-2-1-3-7-12/h2*5-25H2,1-4H3;1-11,15-16H,(H,25,26,27)/q2*+1;/t;;15-,16+/m..0/s1. The first-order valence-corrected chi connectivity index (χ1v) is 34.7. The van der Waals surface area contributed by atoms with Gasteiger partial charge < -0.3 is 8.97 Å². The number of carbonyl (C=O) groups excluding carboxylic acids is 3. The average molecular weight is 1140 g/mol. The number of quaternary nitrogens is 2. The van der Waals surface area contributed by atoms with Crippen LogP contribution < -0.4 is 0 Å². The van der Waals surface area contributed by atoms with Crippen LogP contribution in [0.15, 0.2) is 60.7 Å². The lowest BCUT2D eigenvalue weighted by Gasteiger charge is -2.45. The first-order chi connectivity index (χ1) is 38.7. The van der Waals surface area contributed by atoms with Gasteiger partial charge in [0.2, 0.25) is 0 Å². The molecule has 10 nitrogen and oxygen atoms in total. The van der Waals surface area contributed by atoms with E-state index in [-0.39, 0.29) is 15.4 Å². The quantitative estimate of drug-likeness (QED) is 0.0232. The molecule has 0 bridgehead atoms. The van der Waals surface area contributed by atoms with Crippen LogP contribution in [0, 0.1) is 0 Å². The first kappa shape index (κ1) is 72.7. The Bertz CT molecular complexity index is 1870. The molecule has 0 aliphatic carbocycles. The molecule has 0 spiro atoms. The molecule has 2 aromatic carbocycles. The summed E-state index contributed by atoms with van der Waals surface area (Å²) >= 11 is 0. The van der Waals surface area contributed by atoms with Crippen LogP contribution in [0.3, 0.4) is 0 Å². The number of nitrogens with zero attached hydrogens (tertiary/aromatic N) is 4. The number of fused-ring (bicyclic) bond motifs is 1. The zero-order valence-electron chi connectivity index (χ0n) is 52.9. The van der Waals surface area contributed by atoms with E-state index in [1.54, 1.807) is 48.5 Å². The van der Waals surface area contributed by atoms with Crippen molar-refractivity contribution in [3.8, 4) is 0 Å². The lowest BCUT2D eigenvalue weighted by atomic mass is 9.95. The zero-order chi connectivity index (χ0) is 58.8. The second-order valence-electron chi connectivity index (χ2n) is 24.5. The van der Waals surface area contributed by atoms with Crippen LogP contribution in [0.1, 0.15) is 299 Å². The number of imide groups is 1. The van der Waals surface area contributed by atoms with Gasteiger partial charge in [-0.15, -0.1) is 0 Å². The summed E-state index contributed by atoms with van der Waals surface area (Å²) in [6.07, 6.45) is 54.7. The molecule has 1 fully saturated rings. The molecular formula is C69H122N4O6S+2. The summed E-state index contributed by atoms with van der Waals surface area (Å²) in [5.74, 6) is -2.39. The summed E-state index contributed by atoms with van der Waals surface area (Å²) in [5.41, 5.74) is 1.02. The number of benzene rings is 2. The Kier molecular flexibility index (Phi) is 40.2. The number of carbonyl (C=O) groups is 3. The van der Waals surface area contributed by atoms with Crippen molar-refractivity contribution in [3.63, 3.8) is 0 Å². The molecule has 2 aliphatic heterocycles. The van der Waals surface area contributed by atoms with E-state index in [0.717, 1.165) is 10.5 Å². The van der Waals surface area contributed by atoms with E-state index < -0.39 is 40.1 Å². The van der Waals surface area contributed by atoms with E-state index in [4.69, 9.17) is 0 Å². The highest BCUT2D eigenvalue weighted by Gasteiger charge is 2.59. The minimum atomic E-state index is -4.85. The van der Waals surface area contributed by atoms with Crippen LogP contribution in [0.25, 0.3) is 6.08 Å². The Hall–Kier alpha value is -3.38. The SMILES string of the molecule is CCCCCCCC[N+](C)(CCCCCCCC)CCCCCCCC.CCCCCCCC[N+](C)(CCCCCCCC)CCCCCCCC.O=C1c2ccccc2C(=O)N1[C@H]1C(=O)N(S(=O)(=O)O)[C@H]1C=Cc1ccccc1. The number of hydrogen-bond donors (Lipinski definition) is 1. The van der Waals surface area contributed by atoms with Crippen LogP contribution >= 0.6 is 0 Å². The topological polar surface area (TPSA) is 112 Å². The Morgan fingerprint density at radius 2 is 0.675 bits per heavy atom. The molecule has 0 saturated carbocycles. The highest BCUT2D eigenvalue weighted by Crippen LogP contribution is 2.35. The Morgan fingerprint density at radius 3 is 0.950 bits per heavy atom. The third kappa shape index (κ3) is 29.7. The fourth-order valence-corrected chi connectivity index (χ4v) is 12.6. The van der Waals surface area contributed by atoms with Crippen LogP contribution in [0.4, 0.5) is 0 Å². The predicted octanol–water partition coefficient (Wildman–Crippen LogP) is 18.4. The minimum absolute atomic E-state index is 0.149. The van der Waals surface area contributed by atoms with Gasteiger partial charge in [-0.3, -0.25) is 23.8 Å². The summed E-state index contributed by atoms with van der Waals surface area (Å²) in [7, 11) is 0.269. The molecule has 2 atom stereocenters. The van der Waals surface area contributed by atoms with Crippen LogP contribution in [-0.2, 0) is 15.1 Å². The predicted molar refractivity (Wildman–Crippen MR) is 340 cm³/mol. The molecule has 0 aromatic heterocycles. The summed E-state index contributed by atoms with van der Waals surface area (Å²) in [4.78, 5) is 38.5. The van der Waals surface area contributed by atoms with Gasteiger partial charge in [0.15, 0.2) is 0 Å². The van der Waals surface area contributed by atoms with Crippen molar-refractivity contribution in [3.05, 3.63) is 77.4 Å². The van der Waals surface area contributed by atoms with E-state index in [1.165, 1.54) is 298 Å². The first-order valence-electron chi connectivity index (χ1n) is 33.3. The van der Waals surface area contributed by atoms with Crippen molar-refractivity contribution in [1.29, 1.82) is 0 Å². The Morgan fingerprint density at radius 1 is 0.412 bits per heavy atom. The van der Waals surface area contributed by atoms with Crippen LogP contribution in [-0.4, -0.2) is 114 Å². The highest BCUT2D eigenvalue weighted by atomic mass is 32.2. The van der Waals surface area contributed by atoms with E-state index in [2.05, 4.69) is 55.6 Å². The van der Waals surface area contributed by atoms with E-state index in [9.17, 15) is 27.4 Å². The van der Waals surface area contributed by atoms with Gasteiger partial charge in [-0.25, -0.2) is 4.31 Å². The molecule has 2 aromatic rings. The normalized spacial score (nSPS) is 15.5. The maximum absolute atomic E-state index is 12.7. The monoisotopic (exact) mass is 1130 g/mol. The van der Waals surface area contributed by atoms with Crippen molar-refractivity contribution < 1.29 is 36.3 Å². The van der Waals surface area contributed by atoms with E-state index in [1.807, 2.05) is 0 Å². The van der Waals surface area contributed by atoms with Gasteiger partial charge in [0.1, 0.15) is 6.04 Å². The molecule has 4 rings (SSSR count). The van der Waals surface area contributed by atoms with Crippen molar-refractivity contribution in [2.45, 2.75) is 285 Å². The third-order valence-electron chi connectivity index (χ3n) is 17.0. The molecule has 2 heterocycles. The fourth-order valence-electron chi connectivity index (χ4n) is 11.7. The van der Waals surface area contributed by atoms with Gasteiger partial charge in [-0.05, 0) is 94.7 Å².